The van der Waals surface area contributed by atoms with Crippen molar-refractivity contribution in [2.75, 3.05) is 25.1 Å². The van der Waals surface area contributed by atoms with E-state index in [4.69, 9.17) is 16.3 Å². The molecule has 0 heterocycles. The maximum Gasteiger partial charge on any atom is 0.308 e. The van der Waals surface area contributed by atoms with Gasteiger partial charge in [0.15, 0.2) is 0 Å². The Morgan fingerprint density at radius 3 is 2.89 bits per heavy atom. The molecule has 0 spiro atoms. The predicted molar refractivity (Wildman–Crippen MR) is 70.8 cm³/mol. The van der Waals surface area contributed by atoms with Crippen LogP contribution < -0.4 is 9.64 Å². The fourth-order valence-electron chi connectivity index (χ4n) is 1.59. The molecular formula is C14H17NO3. The average molecular weight is 247 g/mol. The highest BCUT2D eigenvalue weighted by Crippen LogP contribution is 2.21. The van der Waals surface area contributed by atoms with Crippen LogP contribution >= 0.6 is 0 Å². The van der Waals surface area contributed by atoms with Gasteiger partial charge in [-0.15, -0.1) is 6.42 Å². The zero-order valence-corrected chi connectivity index (χ0v) is 10.6. The van der Waals surface area contributed by atoms with Gasteiger partial charge in [-0.2, -0.15) is 0 Å². The number of hydrogen-bond donors (Lipinski definition) is 1. The molecule has 0 bridgehead atoms. The lowest BCUT2D eigenvalue weighted by Gasteiger charge is -2.24. The quantitative estimate of drug-likeness (QED) is 0.779. The van der Waals surface area contributed by atoms with Gasteiger partial charge < -0.3 is 14.7 Å². The summed E-state index contributed by atoms with van der Waals surface area (Å²) >= 11 is 0. The molecule has 0 aromatic heterocycles. The highest BCUT2D eigenvalue weighted by atomic mass is 16.5. The van der Waals surface area contributed by atoms with Crippen molar-refractivity contribution < 1.29 is 14.6 Å². The number of hydrogen-bond acceptors (Lipinski definition) is 3. The Bertz CT molecular complexity index is 451. The van der Waals surface area contributed by atoms with Crippen molar-refractivity contribution in [3.05, 3.63) is 24.3 Å². The van der Waals surface area contributed by atoms with Crippen molar-refractivity contribution in [2.24, 2.45) is 5.92 Å². The van der Waals surface area contributed by atoms with E-state index in [2.05, 4.69) is 5.92 Å². The molecule has 96 valence electrons. The topological polar surface area (TPSA) is 49.8 Å². The zero-order valence-electron chi connectivity index (χ0n) is 10.6. The first-order valence-electron chi connectivity index (χ1n) is 5.63. The van der Waals surface area contributed by atoms with E-state index >= 15 is 0 Å². The van der Waals surface area contributed by atoms with Gasteiger partial charge in [0.25, 0.3) is 0 Å². The van der Waals surface area contributed by atoms with Crippen LogP contribution in [0.25, 0.3) is 0 Å². The highest BCUT2D eigenvalue weighted by Gasteiger charge is 2.16. The lowest BCUT2D eigenvalue weighted by Crippen LogP contribution is -2.32. The number of carboxylic acid groups (broad SMARTS) is 1. The molecule has 1 aromatic carbocycles. The second-order valence-corrected chi connectivity index (χ2v) is 4.03. The van der Waals surface area contributed by atoms with E-state index in [-0.39, 0.29) is 0 Å². The number of terminal acetylenes is 1. The lowest BCUT2D eigenvalue weighted by molar-refractivity contribution is -0.140. The fraction of sp³-hybridized carbons (Fsp3) is 0.357. The number of benzene rings is 1. The van der Waals surface area contributed by atoms with Crippen LogP contribution in [0.15, 0.2) is 24.3 Å². The van der Waals surface area contributed by atoms with Crippen molar-refractivity contribution in [3.8, 4) is 18.1 Å². The predicted octanol–water partition coefficient (Wildman–Crippen LogP) is 1.86. The summed E-state index contributed by atoms with van der Waals surface area (Å²) in [6, 6.07) is 7.40. The first kappa shape index (κ1) is 13.9. The molecule has 0 aliphatic rings. The summed E-state index contributed by atoms with van der Waals surface area (Å²) in [7, 11) is 1.59. The van der Waals surface area contributed by atoms with Gasteiger partial charge in [0.1, 0.15) is 5.75 Å². The van der Waals surface area contributed by atoms with E-state index in [0.29, 0.717) is 13.1 Å². The van der Waals surface area contributed by atoms with Crippen LogP contribution in [-0.4, -0.2) is 31.3 Å². The number of ether oxygens (including phenoxy) is 1. The minimum absolute atomic E-state index is 0.366. The molecule has 1 atom stereocenters. The highest BCUT2D eigenvalue weighted by molar-refractivity contribution is 5.70. The van der Waals surface area contributed by atoms with Crippen molar-refractivity contribution >= 4 is 11.7 Å². The summed E-state index contributed by atoms with van der Waals surface area (Å²) in [4.78, 5) is 12.7. The van der Waals surface area contributed by atoms with Crippen molar-refractivity contribution in [1.29, 1.82) is 0 Å². The van der Waals surface area contributed by atoms with E-state index in [0.717, 1.165) is 11.4 Å². The molecule has 4 heteroatoms. The first-order valence-corrected chi connectivity index (χ1v) is 5.63. The van der Waals surface area contributed by atoms with Gasteiger partial charge in [0.05, 0.1) is 19.6 Å². The van der Waals surface area contributed by atoms with Gasteiger partial charge in [-0.1, -0.05) is 18.9 Å². The van der Waals surface area contributed by atoms with Crippen molar-refractivity contribution in [3.63, 3.8) is 0 Å². The summed E-state index contributed by atoms with van der Waals surface area (Å²) in [5.74, 6) is 1.94. The number of methoxy groups -OCH3 is 1. The Balaban J connectivity index is 2.90. The van der Waals surface area contributed by atoms with Gasteiger partial charge >= 0.3 is 5.97 Å². The largest absolute Gasteiger partial charge is 0.497 e. The van der Waals surface area contributed by atoms with Crippen LogP contribution in [0.1, 0.15) is 6.92 Å². The van der Waals surface area contributed by atoms with E-state index in [1.54, 1.807) is 14.0 Å². The molecule has 0 fully saturated rings. The van der Waals surface area contributed by atoms with E-state index in [1.807, 2.05) is 29.2 Å². The van der Waals surface area contributed by atoms with Crippen LogP contribution in [0.5, 0.6) is 5.75 Å². The number of nitrogens with zero attached hydrogens (tertiary/aromatic N) is 1. The molecule has 0 aliphatic heterocycles. The lowest BCUT2D eigenvalue weighted by atomic mass is 10.1. The molecule has 1 rings (SSSR count). The molecule has 4 nitrogen and oxygen atoms in total. The average Bonchev–Trinajstić information content (AvgIpc) is 2.38. The second kappa shape index (κ2) is 6.55. The Labute approximate surface area is 107 Å². The maximum atomic E-state index is 10.9. The maximum absolute atomic E-state index is 10.9. The SMILES string of the molecule is C#CCN(CC(C)C(=O)O)c1cccc(OC)c1. The van der Waals surface area contributed by atoms with Crippen LogP contribution in [0, 0.1) is 18.3 Å². The minimum atomic E-state index is -0.833. The Hall–Kier alpha value is -2.15. The third-order valence-electron chi connectivity index (χ3n) is 2.62. The first-order chi connectivity index (χ1) is 8.58. The molecule has 18 heavy (non-hydrogen) atoms. The Morgan fingerprint density at radius 1 is 1.61 bits per heavy atom. The second-order valence-electron chi connectivity index (χ2n) is 4.03. The zero-order chi connectivity index (χ0) is 13.5. The van der Waals surface area contributed by atoms with E-state index in [1.165, 1.54) is 0 Å². The fourth-order valence-corrected chi connectivity index (χ4v) is 1.59. The molecule has 0 radical (unpaired) electrons. The van der Waals surface area contributed by atoms with Gasteiger partial charge in [-0.05, 0) is 12.1 Å². The van der Waals surface area contributed by atoms with E-state index in [9.17, 15) is 4.79 Å². The van der Waals surface area contributed by atoms with Crippen LogP contribution in [0.4, 0.5) is 5.69 Å². The monoisotopic (exact) mass is 247 g/mol. The van der Waals surface area contributed by atoms with Crippen molar-refractivity contribution in [1.82, 2.24) is 0 Å². The molecule has 0 saturated heterocycles. The van der Waals surface area contributed by atoms with Crippen LogP contribution in [-0.2, 0) is 4.79 Å². The summed E-state index contributed by atoms with van der Waals surface area (Å²) in [5, 5.41) is 8.94. The van der Waals surface area contributed by atoms with Crippen molar-refractivity contribution in [2.45, 2.75) is 6.92 Å². The van der Waals surface area contributed by atoms with Gasteiger partial charge in [-0.3, -0.25) is 4.79 Å². The molecule has 0 saturated carbocycles. The smallest absolute Gasteiger partial charge is 0.308 e. The van der Waals surface area contributed by atoms with Crippen LogP contribution in [0.3, 0.4) is 0 Å². The van der Waals surface area contributed by atoms with E-state index < -0.39 is 11.9 Å². The number of rotatable bonds is 6. The standard InChI is InChI=1S/C14H17NO3/c1-4-8-15(10-11(2)14(16)17)12-6-5-7-13(9-12)18-3/h1,5-7,9,11H,8,10H2,2-3H3,(H,16,17). The third kappa shape index (κ3) is 3.70. The number of carboxylic acids is 1. The number of carbonyl (C=O) groups is 1. The molecule has 1 aromatic rings. The Morgan fingerprint density at radius 2 is 2.33 bits per heavy atom. The molecular weight excluding hydrogens is 230 g/mol. The summed E-state index contributed by atoms with van der Waals surface area (Å²) in [6.07, 6.45) is 5.32. The minimum Gasteiger partial charge on any atom is -0.497 e. The molecule has 0 amide bonds. The van der Waals surface area contributed by atoms with Crippen LogP contribution in [0.2, 0.25) is 0 Å². The number of aliphatic carboxylic acids is 1. The normalized spacial score (nSPS) is 11.4. The summed E-state index contributed by atoms with van der Waals surface area (Å²) in [6.45, 7) is 2.39. The Kier molecular flexibility index (Phi) is 5.06. The summed E-state index contributed by atoms with van der Waals surface area (Å²) in [5.41, 5.74) is 0.861. The number of anilines is 1. The molecule has 0 aliphatic carbocycles. The summed E-state index contributed by atoms with van der Waals surface area (Å²) < 4.78 is 5.14. The van der Waals surface area contributed by atoms with Gasteiger partial charge in [0, 0.05) is 18.3 Å². The van der Waals surface area contributed by atoms with Gasteiger partial charge in [0.2, 0.25) is 0 Å². The van der Waals surface area contributed by atoms with Gasteiger partial charge in [-0.25, -0.2) is 0 Å². The third-order valence-corrected chi connectivity index (χ3v) is 2.62. The molecule has 1 unspecified atom stereocenters. The molecule has 1 N–H and O–H groups in total.